The van der Waals surface area contributed by atoms with E-state index in [-0.39, 0.29) is 11.2 Å². The molecule has 8 aromatic rings. The third kappa shape index (κ3) is 5.20. The van der Waals surface area contributed by atoms with Crippen LogP contribution in [0.4, 0.5) is 10.1 Å². The summed E-state index contributed by atoms with van der Waals surface area (Å²) in [4.78, 5) is 9.92. The second-order valence-electron chi connectivity index (χ2n) is 12.8. The van der Waals surface area contributed by atoms with E-state index < -0.39 is 0 Å². The normalized spacial score (nSPS) is 12.2. The molecule has 0 fully saturated rings. The van der Waals surface area contributed by atoms with Gasteiger partial charge < -0.3 is 8.83 Å². The molecule has 0 radical (unpaired) electrons. The molecule has 0 atom stereocenters. The lowest BCUT2D eigenvalue weighted by Crippen LogP contribution is -2.11. The molecular weight excluding hydrogens is 583 g/mol. The highest BCUT2D eigenvalue weighted by molar-refractivity contribution is 6.17. The zero-order chi connectivity index (χ0) is 32.1. The number of aromatic nitrogens is 1. The molecule has 6 aromatic carbocycles. The number of hydrogen-bond acceptors (Lipinski definition) is 4. The molecule has 0 unspecified atom stereocenters. The highest BCUT2D eigenvalue weighted by atomic mass is 19.1. The number of oxazole rings is 1. The van der Waals surface area contributed by atoms with E-state index in [1.165, 1.54) is 17.7 Å². The number of rotatable bonds is 5. The minimum atomic E-state index is -0.269. The smallest absolute Gasteiger partial charge is 0.229 e. The van der Waals surface area contributed by atoms with Crippen molar-refractivity contribution in [3.05, 3.63) is 144 Å². The molecule has 0 bridgehead atoms. The maximum Gasteiger partial charge on any atom is 0.229 e. The number of aliphatic imine (C=N–C) groups is 1. The Kier molecular flexibility index (Phi) is 6.84. The van der Waals surface area contributed by atoms with Crippen LogP contribution < -0.4 is 0 Å². The van der Waals surface area contributed by atoms with Crippen molar-refractivity contribution in [2.45, 2.75) is 26.2 Å². The molecule has 0 aliphatic carbocycles. The molecule has 2 heterocycles. The van der Waals surface area contributed by atoms with E-state index in [0.29, 0.717) is 11.5 Å². The molecule has 4 nitrogen and oxygen atoms in total. The number of furan rings is 1. The fourth-order valence-electron chi connectivity index (χ4n) is 6.19. The Balaban J connectivity index is 1.25. The molecule has 47 heavy (non-hydrogen) atoms. The van der Waals surface area contributed by atoms with Crippen LogP contribution in [0.3, 0.4) is 0 Å². The number of halogens is 1. The maximum absolute atomic E-state index is 13.8. The highest BCUT2D eigenvalue weighted by Gasteiger charge is 2.21. The van der Waals surface area contributed by atoms with E-state index in [4.69, 9.17) is 18.8 Å². The van der Waals surface area contributed by atoms with Gasteiger partial charge in [-0.1, -0.05) is 99.6 Å². The maximum atomic E-state index is 13.8. The Labute approximate surface area is 271 Å². The fourth-order valence-corrected chi connectivity index (χ4v) is 6.19. The summed E-state index contributed by atoms with van der Waals surface area (Å²) in [5.41, 5.74) is 10.5. The van der Waals surface area contributed by atoms with Gasteiger partial charge in [0.05, 0.1) is 11.3 Å². The topological polar surface area (TPSA) is 51.5 Å². The Bertz CT molecular complexity index is 2460. The Hall–Kier alpha value is -5.81. The third-order valence-corrected chi connectivity index (χ3v) is 8.63. The Morgan fingerprint density at radius 2 is 1.38 bits per heavy atom. The van der Waals surface area contributed by atoms with Gasteiger partial charge in [0.25, 0.3) is 0 Å². The lowest BCUT2D eigenvalue weighted by atomic mass is 9.86. The zero-order valence-electron chi connectivity index (χ0n) is 26.3. The van der Waals surface area contributed by atoms with Crippen LogP contribution in [0.2, 0.25) is 0 Å². The summed E-state index contributed by atoms with van der Waals surface area (Å²) >= 11 is 0. The van der Waals surface area contributed by atoms with Crippen LogP contribution in [0.1, 0.15) is 31.9 Å². The van der Waals surface area contributed by atoms with Gasteiger partial charge in [0.1, 0.15) is 22.5 Å². The van der Waals surface area contributed by atoms with Gasteiger partial charge in [0, 0.05) is 28.1 Å². The number of hydrogen-bond donors (Lipinski definition) is 0. The standard InChI is InChI=1S/C42H31FN2O2/c1-42(2,3)28-11-8-10-26(24-28)25-44-35-15-6-4-12-33(35)41-45-39-31(14-9-17-37(39)47-41)32-23-22-30(27-18-20-29(43)21-19-27)38-34-13-5-7-16-36(34)46-40(32)38/h4-25H,1-3H3. The lowest BCUT2D eigenvalue weighted by Gasteiger charge is -2.19. The van der Waals surface area contributed by atoms with Crippen LogP contribution in [0.5, 0.6) is 0 Å². The molecule has 0 amide bonds. The van der Waals surface area contributed by atoms with Gasteiger partial charge in [-0.2, -0.15) is 0 Å². The monoisotopic (exact) mass is 614 g/mol. The van der Waals surface area contributed by atoms with Crippen LogP contribution in [-0.2, 0) is 5.41 Å². The average molecular weight is 615 g/mol. The SMILES string of the molecule is CC(C)(C)c1cccc(C=Nc2ccccc2-c2nc3c(-c4ccc(-c5ccc(F)cc5)c5c4oc4ccccc45)cccc3o2)c1. The molecule has 0 aliphatic heterocycles. The zero-order valence-corrected chi connectivity index (χ0v) is 26.3. The Morgan fingerprint density at radius 3 is 2.23 bits per heavy atom. The average Bonchev–Trinajstić information content (AvgIpc) is 3.70. The quantitative estimate of drug-likeness (QED) is 0.181. The van der Waals surface area contributed by atoms with Crippen molar-refractivity contribution >= 4 is 44.9 Å². The van der Waals surface area contributed by atoms with Crippen molar-refractivity contribution in [1.82, 2.24) is 4.98 Å². The second-order valence-corrected chi connectivity index (χ2v) is 12.8. The van der Waals surface area contributed by atoms with Crippen molar-refractivity contribution in [3.63, 3.8) is 0 Å². The van der Waals surface area contributed by atoms with Gasteiger partial charge in [-0.25, -0.2) is 9.37 Å². The number of nitrogens with zero attached hydrogens (tertiary/aromatic N) is 2. The third-order valence-electron chi connectivity index (χ3n) is 8.63. The van der Waals surface area contributed by atoms with Crippen LogP contribution in [-0.4, -0.2) is 11.2 Å². The van der Waals surface area contributed by atoms with Crippen LogP contribution >= 0.6 is 0 Å². The minimum absolute atomic E-state index is 0.0485. The molecule has 228 valence electrons. The first kappa shape index (κ1) is 28.6. The minimum Gasteiger partial charge on any atom is -0.455 e. The molecule has 0 saturated carbocycles. The van der Waals surface area contributed by atoms with Crippen LogP contribution in [0, 0.1) is 5.82 Å². The van der Waals surface area contributed by atoms with Gasteiger partial charge in [-0.05, 0) is 76.2 Å². The fraction of sp³-hybridized carbons (Fsp3) is 0.0952. The molecule has 8 rings (SSSR count). The summed E-state index contributed by atoms with van der Waals surface area (Å²) in [6.45, 7) is 6.62. The van der Waals surface area contributed by atoms with E-state index in [2.05, 4.69) is 63.2 Å². The van der Waals surface area contributed by atoms with E-state index in [9.17, 15) is 4.39 Å². The molecule has 2 aromatic heterocycles. The second kappa shape index (κ2) is 11.2. The van der Waals surface area contributed by atoms with E-state index >= 15 is 0 Å². The molecule has 0 spiro atoms. The van der Waals surface area contributed by atoms with Crippen molar-refractivity contribution in [1.29, 1.82) is 0 Å². The van der Waals surface area contributed by atoms with Gasteiger partial charge in [0.2, 0.25) is 5.89 Å². The lowest BCUT2D eigenvalue weighted by molar-refractivity contribution is 0.590. The number of fused-ring (bicyclic) bond motifs is 4. The molecule has 0 aliphatic rings. The first-order valence-electron chi connectivity index (χ1n) is 15.7. The Morgan fingerprint density at radius 1 is 0.660 bits per heavy atom. The summed E-state index contributed by atoms with van der Waals surface area (Å²) in [7, 11) is 0. The highest BCUT2D eigenvalue weighted by Crippen LogP contribution is 2.44. The largest absolute Gasteiger partial charge is 0.455 e. The molecule has 0 saturated heterocycles. The van der Waals surface area contributed by atoms with Crippen molar-refractivity contribution in [2.75, 3.05) is 0 Å². The first-order chi connectivity index (χ1) is 22.8. The van der Waals surface area contributed by atoms with E-state index in [1.54, 1.807) is 12.1 Å². The van der Waals surface area contributed by atoms with Gasteiger partial charge in [-0.3, -0.25) is 4.99 Å². The molecule has 5 heteroatoms. The van der Waals surface area contributed by atoms with Gasteiger partial charge in [-0.15, -0.1) is 0 Å². The first-order valence-corrected chi connectivity index (χ1v) is 15.7. The summed E-state index contributed by atoms with van der Waals surface area (Å²) in [5.74, 6) is 0.224. The molecular formula is C42H31FN2O2. The van der Waals surface area contributed by atoms with Crippen LogP contribution in [0.15, 0.2) is 141 Å². The van der Waals surface area contributed by atoms with Crippen molar-refractivity contribution in [3.8, 4) is 33.7 Å². The molecule has 0 N–H and O–H groups in total. The predicted molar refractivity (Wildman–Crippen MR) is 190 cm³/mol. The summed E-state index contributed by atoms with van der Waals surface area (Å²) < 4.78 is 26.8. The van der Waals surface area contributed by atoms with Crippen LogP contribution in [0.25, 0.3) is 66.7 Å². The van der Waals surface area contributed by atoms with Crippen molar-refractivity contribution < 1.29 is 13.2 Å². The summed E-state index contributed by atoms with van der Waals surface area (Å²) in [6, 6.07) is 41.0. The summed E-state index contributed by atoms with van der Waals surface area (Å²) in [5, 5.41) is 1.97. The van der Waals surface area contributed by atoms with Gasteiger partial charge >= 0.3 is 0 Å². The predicted octanol–water partition coefficient (Wildman–Crippen LogP) is 11.9. The number of para-hydroxylation sites is 3. The summed E-state index contributed by atoms with van der Waals surface area (Å²) in [6.07, 6.45) is 1.89. The van der Waals surface area contributed by atoms with Crippen molar-refractivity contribution in [2.24, 2.45) is 4.99 Å². The van der Waals surface area contributed by atoms with Gasteiger partial charge in [0.15, 0.2) is 5.58 Å². The van der Waals surface area contributed by atoms with E-state index in [0.717, 1.165) is 66.5 Å². The van der Waals surface area contributed by atoms with E-state index in [1.807, 2.05) is 66.9 Å². The number of benzene rings is 6.